The first-order valence-corrected chi connectivity index (χ1v) is 4.28. The molecule has 0 aromatic rings. The highest BCUT2D eigenvalue weighted by atomic mass is 32.2. The molecule has 0 aliphatic carbocycles. The van der Waals surface area contributed by atoms with Gasteiger partial charge in [-0.2, -0.15) is 0 Å². The third-order valence-corrected chi connectivity index (χ3v) is 1.98. The number of hydrogen-bond acceptors (Lipinski definition) is 5. The Bertz CT molecular complexity index is 169. The number of ether oxygens (including phenoxy) is 1. The molecule has 70 valence electrons. The quantitative estimate of drug-likeness (QED) is 0.565. The lowest BCUT2D eigenvalue weighted by Crippen LogP contribution is -2.24. The zero-order chi connectivity index (χ0) is 9.56. The first-order chi connectivity index (χ1) is 5.57. The average Bonchev–Trinajstić information content (AvgIpc) is 2.02. The molecule has 12 heavy (non-hydrogen) atoms. The van der Waals surface area contributed by atoms with Gasteiger partial charge in [-0.15, -0.1) is 11.8 Å². The van der Waals surface area contributed by atoms with E-state index < -0.39 is 18.0 Å². The van der Waals surface area contributed by atoms with Gasteiger partial charge < -0.3 is 14.9 Å². The highest BCUT2D eigenvalue weighted by Crippen LogP contribution is 2.03. The monoisotopic (exact) mass is 194 g/mol. The van der Waals surface area contributed by atoms with Crippen molar-refractivity contribution in [2.45, 2.75) is 6.10 Å². The smallest absolute Gasteiger partial charge is 0.335 e. The molecule has 2 N–H and O–H groups in total. The van der Waals surface area contributed by atoms with Crippen LogP contribution in [0.25, 0.3) is 0 Å². The molecule has 0 saturated carbocycles. The maximum Gasteiger partial charge on any atom is 0.335 e. The summed E-state index contributed by atoms with van der Waals surface area (Å²) in [6.45, 7) is 0. The Kier molecular flexibility index (Phi) is 5.48. The Labute approximate surface area is 73.7 Å². The Morgan fingerprint density at radius 1 is 1.58 bits per heavy atom. The molecule has 0 rings (SSSR count). The zero-order valence-corrected chi connectivity index (χ0v) is 7.34. The summed E-state index contributed by atoms with van der Waals surface area (Å²) < 4.78 is 4.22. The minimum absolute atomic E-state index is 0.0406. The van der Waals surface area contributed by atoms with Crippen LogP contribution in [0, 0.1) is 0 Å². The molecule has 0 radical (unpaired) electrons. The molecule has 0 aromatic heterocycles. The summed E-state index contributed by atoms with van der Waals surface area (Å²) in [5.41, 5.74) is 0. The molecule has 1 atom stereocenters. The molecular formula is C6H10O5S. The zero-order valence-electron chi connectivity index (χ0n) is 6.52. The van der Waals surface area contributed by atoms with E-state index in [0.29, 0.717) is 0 Å². The lowest BCUT2D eigenvalue weighted by atomic mass is 10.4. The number of aliphatic hydroxyl groups excluding tert-OH is 1. The van der Waals surface area contributed by atoms with E-state index in [1.54, 1.807) is 0 Å². The van der Waals surface area contributed by atoms with Gasteiger partial charge in [-0.25, -0.2) is 4.79 Å². The third kappa shape index (κ3) is 4.97. The van der Waals surface area contributed by atoms with E-state index in [9.17, 15) is 9.59 Å². The van der Waals surface area contributed by atoms with Gasteiger partial charge in [0.25, 0.3) is 0 Å². The second-order valence-corrected chi connectivity index (χ2v) is 2.98. The summed E-state index contributed by atoms with van der Waals surface area (Å²) in [4.78, 5) is 20.6. The van der Waals surface area contributed by atoms with E-state index in [0.717, 1.165) is 18.9 Å². The van der Waals surface area contributed by atoms with Crippen molar-refractivity contribution in [1.82, 2.24) is 0 Å². The van der Waals surface area contributed by atoms with Gasteiger partial charge in [-0.05, 0) is 0 Å². The van der Waals surface area contributed by atoms with Crippen LogP contribution in [0.3, 0.4) is 0 Å². The van der Waals surface area contributed by atoms with Crippen molar-refractivity contribution in [2.24, 2.45) is 0 Å². The molecule has 0 heterocycles. The average molecular weight is 194 g/mol. The van der Waals surface area contributed by atoms with Crippen molar-refractivity contribution in [3.05, 3.63) is 0 Å². The number of carbonyl (C=O) groups excluding carboxylic acids is 1. The van der Waals surface area contributed by atoms with Gasteiger partial charge in [0.15, 0.2) is 6.10 Å². The van der Waals surface area contributed by atoms with E-state index >= 15 is 0 Å². The molecule has 0 spiro atoms. The number of methoxy groups -OCH3 is 1. The molecule has 6 heteroatoms. The number of carboxylic acids is 1. The minimum Gasteiger partial charge on any atom is -0.481 e. The van der Waals surface area contributed by atoms with E-state index in [2.05, 4.69) is 4.74 Å². The predicted octanol–water partition coefficient (Wildman–Crippen LogP) is -0.662. The summed E-state index contributed by atoms with van der Waals surface area (Å²) in [5, 5.41) is 17.1. The highest BCUT2D eigenvalue weighted by molar-refractivity contribution is 8.00. The maximum absolute atomic E-state index is 10.6. The fourth-order valence-electron chi connectivity index (χ4n) is 0.462. The van der Waals surface area contributed by atoms with Gasteiger partial charge >= 0.3 is 11.9 Å². The van der Waals surface area contributed by atoms with Crippen molar-refractivity contribution in [1.29, 1.82) is 0 Å². The standard InChI is InChI=1S/C6H10O5S/c1-11-6(10)4(7)2-12-3-5(8)9/h4,7H,2-3H2,1H3,(H,8,9). The minimum atomic E-state index is -1.24. The van der Waals surface area contributed by atoms with Crippen LogP contribution in [0.4, 0.5) is 0 Å². The molecular weight excluding hydrogens is 184 g/mol. The number of rotatable bonds is 5. The number of thioether (sulfide) groups is 1. The van der Waals surface area contributed by atoms with Crippen LogP contribution in [-0.4, -0.2) is 46.9 Å². The molecule has 0 aliphatic heterocycles. The summed E-state index contributed by atoms with van der Waals surface area (Å²) in [5.74, 6) is -1.81. The molecule has 0 amide bonds. The SMILES string of the molecule is COC(=O)C(O)CSCC(=O)O. The van der Waals surface area contributed by atoms with E-state index in [1.807, 2.05) is 0 Å². The van der Waals surface area contributed by atoms with E-state index in [-0.39, 0.29) is 11.5 Å². The van der Waals surface area contributed by atoms with Crippen molar-refractivity contribution in [3.8, 4) is 0 Å². The first-order valence-electron chi connectivity index (χ1n) is 3.13. The van der Waals surface area contributed by atoms with Crippen LogP contribution >= 0.6 is 11.8 Å². The summed E-state index contributed by atoms with van der Waals surface area (Å²) >= 11 is 0.963. The van der Waals surface area contributed by atoms with Crippen LogP contribution in [0.15, 0.2) is 0 Å². The third-order valence-electron chi connectivity index (χ3n) is 0.975. The predicted molar refractivity (Wildman–Crippen MR) is 43.0 cm³/mol. The van der Waals surface area contributed by atoms with Gasteiger partial charge in [-0.3, -0.25) is 4.79 Å². The number of hydrogen-bond donors (Lipinski definition) is 2. The van der Waals surface area contributed by atoms with Crippen LogP contribution in [0.2, 0.25) is 0 Å². The van der Waals surface area contributed by atoms with Crippen molar-refractivity contribution in [3.63, 3.8) is 0 Å². The van der Waals surface area contributed by atoms with Gasteiger partial charge in [0, 0.05) is 5.75 Å². The fraction of sp³-hybridized carbons (Fsp3) is 0.667. The lowest BCUT2D eigenvalue weighted by Gasteiger charge is -2.05. The second-order valence-electron chi connectivity index (χ2n) is 1.95. The maximum atomic E-state index is 10.6. The highest BCUT2D eigenvalue weighted by Gasteiger charge is 2.15. The van der Waals surface area contributed by atoms with Gasteiger partial charge in [0.05, 0.1) is 12.9 Å². The molecule has 0 fully saturated rings. The molecule has 1 unspecified atom stereocenters. The summed E-state index contributed by atoms with van der Waals surface area (Å²) in [6, 6.07) is 0. The molecule has 0 bridgehead atoms. The first kappa shape index (κ1) is 11.2. The van der Waals surface area contributed by atoms with E-state index in [1.165, 1.54) is 0 Å². The Morgan fingerprint density at radius 3 is 2.58 bits per heavy atom. The summed E-state index contributed by atoms with van der Waals surface area (Å²) in [7, 11) is 1.16. The van der Waals surface area contributed by atoms with Crippen LogP contribution in [0.5, 0.6) is 0 Å². The number of aliphatic hydroxyl groups is 1. The molecule has 0 aromatic carbocycles. The number of carbonyl (C=O) groups is 2. The Morgan fingerprint density at radius 2 is 2.17 bits per heavy atom. The molecule has 5 nitrogen and oxygen atoms in total. The van der Waals surface area contributed by atoms with Crippen LogP contribution in [-0.2, 0) is 14.3 Å². The normalized spacial score (nSPS) is 12.2. The molecule has 0 aliphatic rings. The molecule has 0 saturated heterocycles. The number of carboxylic acid groups (broad SMARTS) is 1. The van der Waals surface area contributed by atoms with Gasteiger partial charge in [-0.1, -0.05) is 0 Å². The number of esters is 1. The second kappa shape index (κ2) is 5.84. The van der Waals surface area contributed by atoms with Gasteiger partial charge in [0.1, 0.15) is 0 Å². The lowest BCUT2D eigenvalue weighted by molar-refractivity contribution is -0.149. The van der Waals surface area contributed by atoms with Crippen LogP contribution in [0.1, 0.15) is 0 Å². The largest absolute Gasteiger partial charge is 0.481 e. The summed E-state index contributed by atoms with van der Waals surface area (Å²) in [6.07, 6.45) is -1.24. The number of aliphatic carboxylic acids is 1. The fourth-order valence-corrected chi connectivity index (χ4v) is 1.11. The van der Waals surface area contributed by atoms with Crippen molar-refractivity contribution in [2.75, 3.05) is 18.6 Å². The van der Waals surface area contributed by atoms with Crippen molar-refractivity contribution < 1.29 is 24.5 Å². The Hall–Kier alpha value is -0.750. The van der Waals surface area contributed by atoms with Crippen LogP contribution < -0.4 is 0 Å². The Balaban J connectivity index is 3.50. The van der Waals surface area contributed by atoms with E-state index in [4.69, 9.17) is 10.2 Å². The topological polar surface area (TPSA) is 83.8 Å². The van der Waals surface area contributed by atoms with Gasteiger partial charge in [0.2, 0.25) is 0 Å². The van der Waals surface area contributed by atoms with Crippen molar-refractivity contribution >= 4 is 23.7 Å².